The van der Waals surface area contributed by atoms with Crippen LogP contribution >= 0.6 is 0 Å². The summed E-state index contributed by atoms with van der Waals surface area (Å²) >= 11 is 0. The van der Waals surface area contributed by atoms with Crippen LogP contribution in [0.15, 0.2) is 88.1 Å². The van der Waals surface area contributed by atoms with E-state index in [1.807, 2.05) is 6.07 Å². The Morgan fingerprint density at radius 1 is 0.929 bits per heavy atom. The van der Waals surface area contributed by atoms with E-state index in [0.29, 0.717) is 18.5 Å². The van der Waals surface area contributed by atoms with Crippen molar-refractivity contribution in [3.8, 4) is 5.75 Å². The first-order valence-corrected chi connectivity index (χ1v) is 13.6. The summed E-state index contributed by atoms with van der Waals surface area (Å²) in [4.78, 5) is 66.2. The fourth-order valence-corrected chi connectivity index (χ4v) is 5.21. The summed E-state index contributed by atoms with van der Waals surface area (Å²) < 4.78 is 16.5. The number of rotatable bonds is 8. The summed E-state index contributed by atoms with van der Waals surface area (Å²) in [5, 5.41) is 3.15. The van der Waals surface area contributed by atoms with Gasteiger partial charge < -0.3 is 19.2 Å². The zero-order valence-corrected chi connectivity index (χ0v) is 22.4. The lowest BCUT2D eigenvalue weighted by Gasteiger charge is -2.24. The number of hydrogen-bond donors (Lipinski definition) is 1. The molecule has 0 bridgehead atoms. The van der Waals surface area contributed by atoms with Crippen LogP contribution in [0.4, 0.5) is 0 Å². The molecule has 1 aromatic heterocycles. The van der Waals surface area contributed by atoms with E-state index in [0.717, 1.165) is 23.3 Å². The minimum atomic E-state index is -1.25. The van der Waals surface area contributed by atoms with E-state index in [2.05, 4.69) is 5.32 Å². The number of fused-ring (bicyclic) bond motifs is 2. The Morgan fingerprint density at radius 3 is 2.33 bits per heavy atom. The van der Waals surface area contributed by atoms with E-state index in [-0.39, 0.29) is 40.5 Å². The second-order valence-electron chi connectivity index (χ2n) is 10.1. The van der Waals surface area contributed by atoms with Gasteiger partial charge in [-0.2, -0.15) is 0 Å². The number of benzene rings is 3. The van der Waals surface area contributed by atoms with Crippen LogP contribution in [0.1, 0.15) is 49.5 Å². The maximum Gasteiger partial charge on any atom is 0.349 e. The summed E-state index contributed by atoms with van der Waals surface area (Å²) in [6.07, 6.45) is 1.73. The number of hydrogen-bond acceptors (Lipinski definition) is 8. The lowest BCUT2D eigenvalue weighted by molar-refractivity contribution is -0.138. The topological polar surface area (TPSA) is 132 Å². The van der Waals surface area contributed by atoms with Gasteiger partial charge in [0.1, 0.15) is 22.9 Å². The molecule has 212 valence electrons. The summed E-state index contributed by atoms with van der Waals surface area (Å²) in [7, 11) is 0. The first kappa shape index (κ1) is 27.1. The maximum atomic E-state index is 13.5. The largest absolute Gasteiger partial charge is 0.425 e. The second kappa shape index (κ2) is 11.4. The molecule has 0 spiro atoms. The predicted molar refractivity (Wildman–Crippen MR) is 150 cm³/mol. The van der Waals surface area contributed by atoms with Crippen LogP contribution in [0.3, 0.4) is 0 Å². The van der Waals surface area contributed by atoms with E-state index >= 15 is 0 Å². The molecule has 0 radical (unpaired) electrons. The third-order valence-corrected chi connectivity index (χ3v) is 7.37. The zero-order valence-electron chi connectivity index (χ0n) is 22.4. The summed E-state index contributed by atoms with van der Waals surface area (Å²) in [5.41, 5.74) is 0.266. The van der Waals surface area contributed by atoms with Gasteiger partial charge in [0.2, 0.25) is 0 Å². The van der Waals surface area contributed by atoms with Crippen LogP contribution < -0.4 is 15.7 Å². The molecule has 2 aliphatic rings. The second-order valence-corrected chi connectivity index (χ2v) is 10.1. The molecule has 3 heterocycles. The van der Waals surface area contributed by atoms with Gasteiger partial charge in [-0.3, -0.25) is 19.3 Å². The number of ether oxygens (including phenoxy) is 2. The van der Waals surface area contributed by atoms with Gasteiger partial charge in [-0.05, 0) is 48.7 Å². The van der Waals surface area contributed by atoms with Crippen molar-refractivity contribution in [2.75, 3.05) is 13.2 Å². The minimum Gasteiger partial charge on any atom is -0.425 e. The highest BCUT2D eigenvalue weighted by Gasteiger charge is 2.43. The smallest absolute Gasteiger partial charge is 0.349 e. The Kier molecular flexibility index (Phi) is 7.37. The van der Waals surface area contributed by atoms with Gasteiger partial charge >= 0.3 is 11.6 Å². The van der Waals surface area contributed by atoms with Crippen molar-refractivity contribution in [3.05, 3.63) is 112 Å². The van der Waals surface area contributed by atoms with Crippen molar-refractivity contribution in [2.24, 2.45) is 0 Å². The molecule has 2 unspecified atom stereocenters. The first-order valence-electron chi connectivity index (χ1n) is 13.6. The van der Waals surface area contributed by atoms with Gasteiger partial charge in [-0.15, -0.1) is 0 Å². The van der Waals surface area contributed by atoms with Gasteiger partial charge in [0, 0.05) is 31.0 Å². The fraction of sp³-hybridized carbons (Fsp3) is 0.219. The summed E-state index contributed by atoms with van der Waals surface area (Å²) in [5.74, 6) is -2.52. The summed E-state index contributed by atoms with van der Waals surface area (Å²) in [6.45, 7) is 0.944. The standard InChI is InChI=1S/C32H26N2O8/c35-28(33-18-22-9-6-14-40-22)25-16-20-12-13-21(17-27(20)42-31(25)38)41-32(39)26(15-19-7-2-1-3-8-19)34-29(36)23-10-4-5-11-24(23)30(34)37/h1-5,7-8,10-13,16-17,22,26H,6,9,14-15,18H2,(H,33,35). The molecular formula is C32H26N2O8. The van der Waals surface area contributed by atoms with Crippen molar-refractivity contribution < 1.29 is 33.1 Å². The highest BCUT2D eigenvalue weighted by molar-refractivity contribution is 6.22. The molecule has 4 aromatic rings. The molecule has 3 amide bonds. The average Bonchev–Trinajstić information content (AvgIpc) is 3.61. The van der Waals surface area contributed by atoms with E-state index in [1.54, 1.807) is 54.6 Å². The van der Waals surface area contributed by atoms with Gasteiger partial charge in [0.25, 0.3) is 17.7 Å². The number of nitrogens with one attached hydrogen (secondary N) is 1. The van der Waals surface area contributed by atoms with Crippen molar-refractivity contribution >= 4 is 34.7 Å². The van der Waals surface area contributed by atoms with Crippen LogP contribution in [0, 0.1) is 0 Å². The van der Waals surface area contributed by atoms with Gasteiger partial charge in [-0.25, -0.2) is 9.59 Å². The van der Waals surface area contributed by atoms with E-state index in [4.69, 9.17) is 13.9 Å². The van der Waals surface area contributed by atoms with Crippen molar-refractivity contribution in [3.63, 3.8) is 0 Å². The van der Waals surface area contributed by atoms with E-state index in [9.17, 15) is 24.0 Å². The molecule has 1 saturated heterocycles. The third kappa shape index (κ3) is 5.31. The highest BCUT2D eigenvalue weighted by atomic mass is 16.5. The Balaban J connectivity index is 1.24. The highest BCUT2D eigenvalue weighted by Crippen LogP contribution is 2.28. The number of carbonyl (C=O) groups excluding carboxylic acids is 4. The van der Waals surface area contributed by atoms with E-state index in [1.165, 1.54) is 18.2 Å². The first-order chi connectivity index (χ1) is 20.4. The van der Waals surface area contributed by atoms with Crippen molar-refractivity contribution in [1.29, 1.82) is 0 Å². The number of carbonyl (C=O) groups is 4. The average molecular weight is 567 g/mol. The molecule has 6 rings (SSSR count). The maximum absolute atomic E-state index is 13.5. The zero-order chi connectivity index (χ0) is 29.2. The Hall–Kier alpha value is -5.09. The van der Waals surface area contributed by atoms with Crippen LogP contribution in [-0.4, -0.2) is 53.9 Å². The molecule has 3 aromatic carbocycles. The Morgan fingerprint density at radius 2 is 1.64 bits per heavy atom. The third-order valence-electron chi connectivity index (χ3n) is 7.37. The minimum absolute atomic E-state index is 0.0399. The molecule has 10 nitrogen and oxygen atoms in total. The Bertz CT molecular complexity index is 1720. The normalized spacial score (nSPS) is 16.9. The lowest BCUT2D eigenvalue weighted by atomic mass is 10.0. The molecule has 1 N–H and O–H groups in total. The van der Waals surface area contributed by atoms with Crippen LogP contribution in [0.5, 0.6) is 5.75 Å². The van der Waals surface area contributed by atoms with E-state index < -0.39 is 35.4 Å². The Labute approximate surface area is 239 Å². The molecule has 2 aliphatic heterocycles. The molecule has 10 heteroatoms. The van der Waals surface area contributed by atoms with Crippen molar-refractivity contribution in [2.45, 2.75) is 31.4 Å². The molecule has 0 saturated carbocycles. The molecular weight excluding hydrogens is 540 g/mol. The molecule has 2 atom stereocenters. The number of esters is 1. The lowest BCUT2D eigenvalue weighted by Crippen LogP contribution is -2.48. The number of nitrogens with zero attached hydrogens (tertiary/aromatic N) is 1. The molecule has 42 heavy (non-hydrogen) atoms. The molecule has 1 fully saturated rings. The molecule has 0 aliphatic carbocycles. The monoisotopic (exact) mass is 566 g/mol. The van der Waals surface area contributed by atoms with Crippen LogP contribution in [-0.2, 0) is 16.0 Å². The van der Waals surface area contributed by atoms with Crippen molar-refractivity contribution in [1.82, 2.24) is 10.2 Å². The summed E-state index contributed by atoms with van der Waals surface area (Å²) in [6, 6.07) is 19.9. The van der Waals surface area contributed by atoms with Crippen LogP contribution in [0.25, 0.3) is 11.0 Å². The number of amides is 3. The SMILES string of the molecule is O=C(NCC1CCCO1)c1cc2ccc(OC(=O)C(Cc3ccccc3)N3C(=O)c4ccccc4C3=O)cc2oc1=O. The van der Waals surface area contributed by atoms with Gasteiger partial charge in [0.15, 0.2) is 0 Å². The van der Waals surface area contributed by atoms with Gasteiger partial charge in [0.05, 0.1) is 17.2 Å². The fourth-order valence-electron chi connectivity index (χ4n) is 5.21. The predicted octanol–water partition coefficient (Wildman–Crippen LogP) is 3.51. The van der Waals surface area contributed by atoms with Crippen LogP contribution in [0.2, 0.25) is 0 Å². The number of imide groups is 1. The quantitative estimate of drug-likeness (QED) is 0.148. The van der Waals surface area contributed by atoms with Gasteiger partial charge in [-0.1, -0.05) is 42.5 Å².